The molecular formula is C9H14N3O3-. The van der Waals surface area contributed by atoms with Crippen LogP contribution in [-0.2, 0) is 6.54 Å². The minimum atomic E-state index is -1.36. The van der Waals surface area contributed by atoms with Crippen molar-refractivity contribution in [1.29, 1.82) is 0 Å². The maximum atomic E-state index is 10.4. The lowest BCUT2D eigenvalue weighted by atomic mass is 10.1. The molecule has 6 heteroatoms. The molecule has 0 spiro atoms. The van der Waals surface area contributed by atoms with E-state index in [0.29, 0.717) is 12.3 Å². The Kier molecular flexibility index (Phi) is 3.79. The molecule has 0 amide bonds. The fourth-order valence-electron chi connectivity index (χ4n) is 1.32. The van der Waals surface area contributed by atoms with Crippen molar-refractivity contribution in [3.8, 4) is 0 Å². The second-order valence-electron chi connectivity index (χ2n) is 3.90. The van der Waals surface area contributed by atoms with Gasteiger partial charge in [-0.25, -0.2) is 4.68 Å². The molecule has 84 valence electrons. The van der Waals surface area contributed by atoms with Crippen molar-refractivity contribution in [2.75, 3.05) is 0 Å². The molecule has 1 aromatic rings. The van der Waals surface area contributed by atoms with Crippen LogP contribution in [0.4, 0.5) is 0 Å². The van der Waals surface area contributed by atoms with E-state index in [9.17, 15) is 15.0 Å². The van der Waals surface area contributed by atoms with Gasteiger partial charge in [0.15, 0.2) is 0 Å². The topological polar surface area (TPSA) is 91.1 Å². The average Bonchev–Trinajstić information content (AvgIpc) is 2.50. The number of hydrogen-bond donors (Lipinski definition) is 1. The second kappa shape index (κ2) is 4.88. The van der Waals surface area contributed by atoms with E-state index in [4.69, 9.17) is 0 Å². The van der Waals surface area contributed by atoms with Crippen LogP contribution in [0.1, 0.15) is 30.8 Å². The second-order valence-corrected chi connectivity index (χ2v) is 3.90. The van der Waals surface area contributed by atoms with Crippen molar-refractivity contribution >= 4 is 5.97 Å². The molecule has 0 aromatic carbocycles. The highest BCUT2D eigenvalue weighted by Gasteiger charge is 2.09. The lowest BCUT2D eigenvalue weighted by Gasteiger charge is -2.11. The van der Waals surface area contributed by atoms with E-state index in [1.807, 2.05) is 13.8 Å². The number of carbonyl (C=O) groups is 1. The van der Waals surface area contributed by atoms with Gasteiger partial charge in [0.05, 0.1) is 24.8 Å². The monoisotopic (exact) mass is 212 g/mol. The highest BCUT2D eigenvalue weighted by molar-refractivity contribution is 5.82. The van der Waals surface area contributed by atoms with Crippen molar-refractivity contribution in [2.45, 2.75) is 32.9 Å². The lowest BCUT2D eigenvalue weighted by Crippen LogP contribution is -2.22. The van der Waals surface area contributed by atoms with Crippen LogP contribution in [-0.4, -0.2) is 32.2 Å². The maximum Gasteiger partial charge on any atom is 0.128 e. The third kappa shape index (κ3) is 3.67. The molecule has 1 N–H and O–H groups in total. The smallest absolute Gasteiger partial charge is 0.128 e. The van der Waals surface area contributed by atoms with Crippen molar-refractivity contribution < 1.29 is 15.0 Å². The van der Waals surface area contributed by atoms with Crippen LogP contribution < -0.4 is 5.11 Å². The molecule has 1 atom stereocenters. The minimum Gasteiger partial charge on any atom is -0.543 e. The normalized spacial score (nSPS) is 13.1. The summed E-state index contributed by atoms with van der Waals surface area (Å²) in [7, 11) is 0. The summed E-state index contributed by atoms with van der Waals surface area (Å²) in [5.74, 6) is -0.983. The highest BCUT2D eigenvalue weighted by atomic mass is 16.4. The number of rotatable bonds is 5. The van der Waals surface area contributed by atoms with Crippen LogP contribution in [0.5, 0.6) is 0 Å². The molecule has 0 saturated heterocycles. The molecule has 1 heterocycles. The van der Waals surface area contributed by atoms with Gasteiger partial charge in [-0.2, -0.15) is 0 Å². The molecule has 15 heavy (non-hydrogen) atoms. The molecule has 1 aromatic heterocycles. The van der Waals surface area contributed by atoms with Crippen LogP contribution >= 0.6 is 0 Å². The number of aromatic nitrogens is 3. The summed E-state index contributed by atoms with van der Waals surface area (Å²) in [6, 6.07) is 0. The summed E-state index contributed by atoms with van der Waals surface area (Å²) in [5, 5.41) is 26.9. The fraction of sp³-hybridized carbons (Fsp3) is 0.667. The predicted molar refractivity (Wildman–Crippen MR) is 49.8 cm³/mol. The fourth-order valence-corrected chi connectivity index (χ4v) is 1.32. The quantitative estimate of drug-likeness (QED) is 0.679. The first-order chi connectivity index (χ1) is 6.99. The minimum absolute atomic E-state index is 0.216. The number of aliphatic hydroxyl groups is 1. The molecule has 1 rings (SSSR count). The lowest BCUT2D eigenvalue weighted by molar-refractivity contribution is -0.255. The molecule has 0 radical (unpaired) electrons. The summed E-state index contributed by atoms with van der Waals surface area (Å²) in [6.45, 7) is 4.24. The highest BCUT2D eigenvalue weighted by Crippen LogP contribution is 2.06. The Morgan fingerprint density at radius 2 is 2.33 bits per heavy atom. The number of carbonyl (C=O) groups excluding carboxylic acids is 1. The van der Waals surface area contributed by atoms with Gasteiger partial charge in [-0.05, 0) is 12.3 Å². The molecule has 0 bridgehead atoms. The van der Waals surface area contributed by atoms with Gasteiger partial charge in [-0.3, -0.25) is 0 Å². The van der Waals surface area contributed by atoms with Crippen molar-refractivity contribution in [2.24, 2.45) is 5.92 Å². The molecule has 0 aliphatic heterocycles. The molecule has 0 fully saturated rings. The Bertz CT molecular complexity index is 335. The first kappa shape index (κ1) is 11.6. The van der Waals surface area contributed by atoms with Crippen LogP contribution in [0.25, 0.3) is 0 Å². The zero-order chi connectivity index (χ0) is 11.4. The number of hydrogen-bond acceptors (Lipinski definition) is 5. The molecule has 0 saturated carbocycles. The molecule has 1 unspecified atom stereocenters. The largest absolute Gasteiger partial charge is 0.543 e. The number of carboxylic acid groups (broad SMARTS) is 1. The first-order valence-corrected chi connectivity index (χ1v) is 4.78. The Morgan fingerprint density at radius 3 is 2.80 bits per heavy atom. The van der Waals surface area contributed by atoms with Crippen LogP contribution in [0.3, 0.4) is 0 Å². The van der Waals surface area contributed by atoms with Crippen LogP contribution in [0, 0.1) is 5.92 Å². The Labute approximate surface area is 87.5 Å². The third-order valence-corrected chi connectivity index (χ3v) is 1.89. The summed E-state index contributed by atoms with van der Waals surface area (Å²) in [4.78, 5) is 10.4. The standard InChI is InChI=1S/C9H15N3O3/c1-6(2)3-7(13)4-12-5-8(9(14)15)10-11-12/h5-7,13H,3-4H2,1-2H3,(H,14,15)/p-1. The summed E-state index contributed by atoms with van der Waals surface area (Å²) in [5.41, 5.74) is -0.216. The average molecular weight is 212 g/mol. The Morgan fingerprint density at radius 1 is 1.67 bits per heavy atom. The zero-order valence-corrected chi connectivity index (χ0v) is 8.75. The van der Waals surface area contributed by atoms with E-state index < -0.39 is 12.1 Å². The molecular weight excluding hydrogens is 198 g/mol. The number of nitrogens with zero attached hydrogens (tertiary/aromatic N) is 3. The molecule has 0 aliphatic rings. The number of aromatic carboxylic acids is 1. The van der Waals surface area contributed by atoms with E-state index in [1.54, 1.807) is 0 Å². The van der Waals surface area contributed by atoms with Crippen molar-refractivity contribution in [3.05, 3.63) is 11.9 Å². The third-order valence-electron chi connectivity index (χ3n) is 1.89. The van der Waals surface area contributed by atoms with Gasteiger partial charge in [0, 0.05) is 0 Å². The van der Waals surface area contributed by atoms with E-state index in [0.717, 1.165) is 0 Å². The summed E-state index contributed by atoms with van der Waals surface area (Å²) in [6.07, 6.45) is 1.35. The van der Waals surface area contributed by atoms with Gasteiger partial charge in [-0.1, -0.05) is 19.1 Å². The first-order valence-electron chi connectivity index (χ1n) is 4.78. The predicted octanol–water partition coefficient (Wildman–Crippen LogP) is -0.951. The van der Waals surface area contributed by atoms with Crippen molar-refractivity contribution in [1.82, 2.24) is 15.0 Å². The Hall–Kier alpha value is -1.43. The SMILES string of the molecule is CC(C)CC(O)Cn1cc(C(=O)[O-])nn1. The van der Waals surface area contributed by atoms with E-state index in [-0.39, 0.29) is 12.2 Å². The van der Waals surface area contributed by atoms with Crippen LogP contribution in [0.2, 0.25) is 0 Å². The van der Waals surface area contributed by atoms with Crippen LogP contribution in [0.15, 0.2) is 6.20 Å². The number of carboxylic acids is 1. The van der Waals surface area contributed by atoms with Crippen molar-refractivity contribution in [3.63, 3.8) is 0 Å². The van der Waals surface area contributed by atoms with E-state index in [2.05, 4.69) is 10.3 Å². The zero-order valence-electron chi connectivity index (χ0n) is 8.75. The van der Waals surface area contributed by atoms with Gasteiger partial charge in [-0.15, -0.1) is 5.10 Å². The number of aliphatic hydroxyl groups excluding tert-OH is 1. The van der Waals surface area contributed by atoms with E-state index in [1.165, 1.54) is 10.9 Å². The van der Waals surface area contributed by atoms with Gasteiger partial charge in [0.1, 0.15) is 5.69 Å². The molecule has 0 aliphatic carbocycles. The molecule has 6 nitrogen and oxygen atoms in total. The van der Waals surface area contributed by atoms with Gasteiger partial charge in [0.25, 0.3) is 0 Å². The van der Waals surface area contributed by atoms with Gasteiger partial charge in [0.2, 0.25) is 0 Å². The van der Waals surface area contributed by atoms with Gasteiger partial charge < -0.3 is 15.0 Å². The Balaban J connectivity index is 2.53. The summed E-state index contributed by atoms with van der Waals surface area (Å²) < 4.78 is 1.30. The van der Waals surface area contributed by atoms with Gasteiger partial charge >= 0.3 is 0 Å². The maximum absolute atomic E-state index is 10.4. The summed E-state index contributed by atoms with van der Waals surface area (Å²) >= 11 is 0. The van der Waals surface area contributed by atoms with E-state index >= 15 is 0 Å².